The van der Waals surface area contributed by atoms with E-state index in [2.05, 4.69) is 4.98 Å². The van der Waals surface area contributed by atoms with Crippen molar-refractivity contribution in [2.24, 2.45) is 0 Å². The Hall–Kier alpha value is -4.33. The fourth-order valence-corrected chi connectivity index (χ4v) is 3.91. The van der Waals surface area contributed by atoms with Crippen molar-refractivity contribution in [1.82, 2.24) is 4.98 Å². The summed E-state index contributed by atoms with van der Waals surface area (Å²) < 4.78 is 0. The molecule has 4 rings (SSSR count). The van der Waals surface area contributed by atoms with Crippen molar-refractivity contribution >= 4 is 28.8 Å². The Morgan fingerprint density at radius 3 is 2.28 bits per heavy atom. The zero-order valence-electron chi connectivity index (χ0n) is 17.4. The van der Waals surface area contributed by atoms with Crippen LogP contribution in [0.5, 0.6) is 0 Å². The molecule has 3 aromatic rings. The molecule has 1 aliphatic rings. The van der Waals surface area contributed by atoms with Crippen molar-refractivity contribution in [2.75, 3.05) is 4.90 Å². The topological polar surface area (TPSA) is 114 Å². The SMILES string of the molecule is Cc1ccc(N2C(=O)C(=O)/C(=C(/O)c3ccc([N+](=O)[O-])cc3)C2c2ccncc2)c(C)c1. The van der Waals surface area contributed by atoms with Crippen LogP contribution < -0.4 is 4.90 Å². The smallest absolute Gasteiger partial charge is 0.300 e. The third kappa shape index (κ3) is 3.51. The van der Waals surface area contributed by atoms with Gasteiger partial charge in [0.15, 0.2) is 0 Å². The van der Waals surface area contributed by atoms with Crippen LogP contribution in [-0.2, 0) is 9.59 Å². The lowest BCUT2D eigenvalue weighted by molar-refractivity contribution is -0.384. The van der Waals surface area contributed by atoms with Crippen LogP contribution in [0.4, 0.5) is 11.4 Å². The summed E-state index contributed by atoms with van der Waals surface area (Å²) in [7, 11) is 0. The number of non-ortho nitro benzene ring substituents is 1. The minimum absolute atomic E-state index is 0.0879. The fraction of sp³-hybridized carbons (Fsp3) is 0.125. The molecule has 8 nitrogen and oxygen atoms in total. The van der Waals surface area contributed by atoms with Crippen LogP contribution >= 0.6 is 0 Å². The number of carbonyl (C=O) groups excluding carboxylic acids is 2. The summed E-state index contributed by atoms with van der Waals surface area (Å²) in [6.07, 6.45) is 3.09. The lowest BCUT2D eigenvalue weighted by Crippen LogP contribution is -2.30. The third-order valence-electron chi connectivity index (χ3n) is 5.43. The van der Waals surface area contributed by atoms with E-state index in [1.807, 2.05) is 26.0 Å². The summed E-state index contributed by atoms with van der Waals surface area (Å²) in [6, 6.07) is 13.2. The fourth-order valence-electron chi connectivity index (χ4n) is 3.91. The molecule has 8 heteroatoms. The third-order valence-corrected chi connectivity index (χ3v) is 5.43. The van der Waals surface area contributed by atoms with Gasteiger partial charge in [-0.25, -0.2) is 0 Å². The van der Waals surface area contributed by atoms with Crippen LogP contribution in [0.15, 0.2) is 72.6 Å². The number of carbonyl (C=O) groups is 2. The van der Waals surface area contributed by atoms with E-state index in [0.29, 0.717) is 11.3 Å². The van der Waals surface area contributed by atoms with Gasteiger partial charge in [0, 0.05) is 35.8 Å². The van der Waals surface area contributed by atoms with Gasteiger partial charge in [0.1, 0.15) is 5.76 Å². The summed E-state index contributed by atoms with van der Waals surface area (Å²) in [6.45, 7) is 3.78. The molecule has 1 atom stereocenters. The van der Waals surface area contributed by atoms with Crippen molar-refractivity contribution in [3.05, 3.63) is 105 Å². The van der Waals surface area contributed by atoms with Gasteiger partial charge in [0.2, 0.25) is 0 Å². The molecule has 0 aliphatic carbocycles. The Labute approximate surface area is 183 Å². The van der Waals surface area contributed by atoms with Gasteiger partial charge >= 0.3 is 0 Å². The van der Waals surface area contributed by atoms with Crippen molar-refractivity contribution in [1.29, 1.82) is 0 Å². The van der Waals surface area contributed by atoms with E-state index < -0.39 is 28.4 Å². The highest BCUT2D eigenvalue weighted by atomic mass is 16.6. The van der Waals surface area contributed by atoms with Gasteiger partial charge in [-0.3, -0.25) is 29.6 Å². The highest BCUT2D eigenvalue weighted by Gasteiger charge is 2.47. The number of nitro groups is 1. The molecular formula is C24H19N3O5. The Morgan fingerprint density at radius 2 is 1.69 bits per heavy atom. The van der Waals surface area contributed by atoms with Gasteiger partial charge in [0.25, 0.3) is 17.4 Å². The summed E-state index contributed by atoms with van der Waals surface area (Å²) >= 11 is 0. The number of pyridine rings is 1. The van der Waals surface area contributed by atoms with E-state index in [0.717, 1.165) is 11.1 Å². The minimum atomic E-state index is -0.880. The monoisotopic (exact) mass is 429 g/mol. The number of aliphatic hydroxyl groups is 1. The van der Waals surface area contributed by atoms with Crippen molar-refractivity contribution < 1.29 is 19.6 Å². The molecule has 1 amide bonds. The first-order valence-corrected chi connectivity index (χ1v) is 9.82. The summed E-state index contributed by atoms with van der Waals surface area (Å²) in [5.74, 6) is -1.99. The number of aromatic nitrogens is 1. The Kier molecular flexibility index (Phi) is 5.28. The number of nitrogens with zero attached hydrogens (tertiary/aromatic N) is 3. The Balaban J connectivity index is 1.92. The van der Waals surface area contributed by atoms with Crippen LogP contribution in [-0.4, -0.2) is 26.7 Å². The number of hydrogen-bond acceptors (Lipinski definition) is 6. The van der Waals surface area contributed by atoms with Crippen molar-refractivity contribution in [3.8, 4) is 0 Å². The van der Waals surface area contributed by atoms with Gasteiger partial charge in [-0.1, -0.05) is 17.7 Å². The largest absolute Gasteiger partial charge is 0.507 e. The molecule has 1 aliphatic heterocycles. The van der Waals surface area contributed by atoms with E-state index >= 15 is 0 Å². The lowest BCUT2D eigenvalue weighted by Gasteiger charge is -2.27. The number of anilines is 1. The van der Waals surface area contributed by atoms with E-state index in [1.54, 1.807) is 30.6 Å². The normalized spacial score (nSPS) is 17.6. The predicted molar refractivity (Wildman–Crippen MR) is 118 cm³/mol. The molecule has 1 fully saturated rings. The van der Waals surface area contributed by atoms with Gasteiger partial charge in [0.05, 0.1) is 16.5 Å². The van der Waals surface area contributed by atoms with Crippen molar-refractivity contribution in [3.63, 3.8) is 0 Å². The van der Waals surface area contributed by atoms with E-state index in [4.69, 9.17) is 0 Å². The molecule has 0 spiro atoms. The molecule has 0 saturated carbocycles. The van der Waals surface area contributed by atoms with Crippen LogP contribution in [0.1, 0.15) is 28.3 Å². The molecule has 2 aromatic carbocycles. The highest BCUT2D eigenvalue weighted by Crippen LogP contribution is 2.43. The number of aliphatic hydroxyl groups excluding tert-OH is 1. The van der Waals surface area contributed by atoms with Gasteiger partial charge < -0.3 is 5.11 Å². The number of benzene rings is 2. The number of aryl methyl sites for hydroxylation is 2. The van der Waals surface area contributed by atoms with Crippen LogP contribution in [0.25, 0.3) is 5.76 Å². The van der Waals surface area contributed by atoms with Crippen LogP contribution in [0.2, 0.25) is 0 Å². The van der Waals surface area contributed by atoms with Gasteiger partial charge in [-0.15, -0.1) is 0 Å². The number of amides is 1. The lowest BCUT2D eigenvalue weighted by atomic mass is 9.95. The van der Waals surface area contributed by atoms with Gasteiger partial charge in [-0.2, -0.15) is 0 Å². The van der Waals surface area contributed by atoms with E-state index in [-0.39, 0.29) is 16.8 Å². The maximum atomic E-state index is 13.1. The number of rotatable bonds is 4. The molecule has 32 heavy (non-hydrogen) atoms. The second kappa shape index (κ2) is 8.07. The van der Waals surface area contributed by atoms with Gasteiger partial charge in [-0.05, 0) is 55.3 Å². The van der Waals surface area contributed by atoms with Crippen molar-refractivity contribution in [2.45, 2.75) is 19.9 Å². The van der Waals surface area contributed by atoms with Crippen LogP contribution in [0, 0.1) is 24.0 Å². The molecule has 1 saturated heterocycles. The average Bonchev–Trinajstić information content (AvgIpc) is 3.04. The minimum Gasteiger partial charge on any atom is -0.507 e. The summed E-state index contributed by atoms with van der Waals surface area (Å²) in [5.41, 5.74) is 2.94. The maximum absolute atomic E-state index is 13.1. The Morgan fingerprint density at radius 1 is 1.03 bits per heavy atom. The molecule has 0 radical (unpaired) electrons. The van der Waals surface area contributed by atoms with Crippen LogP contribution in [0.3, 0.4) is 0 Å². The Bertz CT molecular complexity index is 1270. The molecule has 2 heterocycles. The van der Waals surface area contributed by atoms with E-state index in [1.165, 1.54) is 29.2 Å². The quantitative estimate of drug-likeness (QED) is 0.218. The zero-order chi connectivity index (χ0) is 23.0. The number of ketones is 1. The van der Waals surface area contributed by atoms with E-state index in [9.17, 15) is 24.8 Å². The molecule has 1 unspecified atom stereocenters. The molecule has 1 N–H and O–H groups in total. The predicted octanol–water partition coefficient (Wildman–Crippen LogP) is 4.23. The second-order valence-electron chi connectivity index (χ2n) is 7.54. The first kappa shape index (κ1) is 20.9. The number of hydrogen-bond donors (Lipinski definition) is 1. The highest BCUT2D eigenvalue weighted by molar-refractivity contribution is 6.51. The molecule has 0 bridgehead atoms. The molecular weight excluding hydrogens is 410 g/mol. The average molecular weight is 429 g/mol. The summed E-state index contributed by atoms with van der Waals surface area (Å²) in [4.78, 5) is 42.0. The standard InChI is InChI=1S/C24H19N3O5/c1-14-3-8-19(15(2)13-14)26-21(16-9-11-25-12-10-16)20(23(29)24(26)30)22(28)17-4-6-18(7-5-17)27(31)32/h3-13,21,28H,1-2H3/b22-20+. The maximum Gasteiger partial charge on any atom is 0.300 e. The first-order chi connectivity index (χ1) is 15.3. The summed E-state index contributed by atoms with van der Waals surface area (Å²) in [5, 5.41) is 22.0. The molecule has 160 valence electrons. The first-order valence-electron chi connectivity index (χ1n) is 9.82. The second-order valence-corrected chi connectivity index (χ2v) is 7.54. The number of Topliss-reactive ketones (excluding diaryl/α,β-unsaturated/α-hetero) is 1. The number of nitro benzene ring substituents is 1. The zero-order valence-corrected chi connectivity index (χ0v) is 17.4. The molecule has 1 aromatic heterocycles.